The molecule has 156 valence electrons. The Morgan fingerprint density at radius 2 is 1.74 bits per heavy atom. The Morgan fingerprint density at radius 1 is 1.00 bits per heavy atom. The Balaban J connectivity index is 1.63. The lowest BCUT2D eigenvalue weighted by molar-refractivity contribution is 0.0785. The molecule has 0 aliphatic heterocycles. The highest BCUT2D eigenvalue weighted by atomic mass is 35.5. The van der Waals surface area contributed by atoms with Crippen LogP contribution in [0.4, 0.5) is 0 Å². The topological polar surface area (TPSA) is 51.0 Å². The van der Waals surface area contributed by atoms with Gasteiger partial charge >= 0.3 is 0 Å². The molecular formula is C25H23ClN4O. The monoisotopic (exact) mass is 430 g/mol. The van der Waals surface area contributed by atoms with Crippen molar-refractivity contribution in [2.24, 2.45) is 0 Å². The average Bonchev–Trinajstić information content (AvgIpc) is 3.18. The van der Waals surface area contributed by atoms with Gasteiger partial charge in [0.1, 0.15) is 0 Å². The minimum Gasteiger partial charge on any atom is -0.337 e. The van der Waals surface area contributed by atoms with Crippen molar-refractivity contribution in [1.82, 2.24) is 19.7 Å². The first-order chi connectivity index (χ1) is 15.0. The summed E-state index contributed by atoms with van der Waals surface area (Å²) in [7, 11) is 1.79. The molecule has 0 saturated carbocycles. The second-order valence-corrected chi connectivity index (χ2v) is 7.91. The number of aromatic nitrogens is 3. The van der Waals surface area contributed by atoms with Crippen molar-refractivity contribution >= 4 is 17.5 Å². The number of hydrogen-bond donors (Lipinski definition) is 0. The molecule has 5 nitrogen and oxygen atoms in total. The van der Waals surface area contributed by atoms with Gasteiger partial charge in [-0.25, -0.2) is 0 Å². The molecule has 2 aromatic heterocycles. The van der Waals surface area contributed by atoms with E-state index >= 15 is 0 Å². The van der Waals surface area contributed by atoms with Crippen LogP contribution in [0.15, 0.2) is 79.1 Å². The third-order valence-electron chi connectivity index (χ3n) is 5.09. The molecule has 0 N–H and O–H groups in total. The molecule has 0 spiro atoms. The van der Waals surface area contributed by atoms with Crippen LogP contribution in [0.1, 0.15) is 27.2 Å². The van der Waals surface area contributed by atoms with E-state index in [-0.39, 0.29) is 5.91 Å². The second-order valence-electron chi connectivity index (χ2n) is 7.51. The Bertz CT molecular complexity index is 1190. The predicted octanol–water partition coefficient (Wildman–Crippen LogP) is 5.23. The molecule has 0 radical (unpaired) electrons. The van der Waals surface area contributed by atoms with E-state index < -0.39 is 0 Å². The van der Waals surface area contributed by atoms with Crippen molar-refractivity contribution in [3.63, 3.8) is 0 Å². The maximum atomic E-state index is 12.9. The van der Waals surface area contributed by atoms with Crippen LogP contribution >= 0.6 is 11.6 Å². The molecule has 0 bridgehead atoms. The molecule has 0 unspecified atom stereocenters. The molecule has 2 aromatic carbocycles. The van der Waals surface area contributed by atoms with Crippen LogP contribution in [0.25, 0.3) is 11.3 Å². The largest absolute Gasteiger partial charge is 0.337 e. The Labute approximate surface area is 186 Å². The van der Waals surface area contributed by atoms with Crippen molar-refractivity contribution in [1.29, 1.82) is 0 Å². The first kappa shape index (κ1) is 20.8. The number of hydrogen-bond acceptors (Lipinski definition) is 3. The highest BCUT2D eigenvalue weighted by Gasteiger charge is 2.18. The molecule has 4 rings (SSSR count). The van der Waals surface area contributed by atoms with E-state index in [0.717, 1.165) is 28.1 Å². The van der Waals surface area contributed by atoms with Gasteiger partial charge in [-0.3, -0.25) is 14.5 Å². The molecule has 31 heavy (non-hydrogen) atoms. The first-order valence-corrected chi connectivity index (χ1v) is 10.4. The zero-order valence-corrected chi connectivity index (χ0v) is 18.3. The van der Waals surface area contributed by atoms with Crippen molar-refractivity contribution in [3.05, 3.63) is 107 Å². The van der Waals surface area contributed by atoms with E-state index in [1.54, 1.807) is 24.2 Å². The fraction of sp³-hybridized carbons (Fsp3) is 0.160. The normalized spacial score (nSPS) is 10.8. The molecule has 0 aliphatic rings. The second kappa shape index (κ2) is 9.14. The summed E-state index contributed by atoms with van der Waals surface area (Å²) >= 11 is 6.34. The number of benzene rings is 2. The lowest BCUT2D eigenvalue weighted by Gasteiger charge is -2.17. The van der Waals surface area contributed by atoms with Gasteiger partial charge in [0.2, 0.25) is 0 Å². The highest BCUT2D eigenvalue weighted by Crippen LogP contribution is 2.25. The number of nitrogens with zero attached hydrogens (tertiary/aromatic N) is 4. The molecule has 2 heterocycles. The number of halogens is 1. The van der Waals surface area contributed by atoms with Gasteiger partial charge in [0, 0.05) is 47.8 Å². The standard InChI is InChI=1S/C25H23ClN4O/c1-18-12-13-20(14-27-18)25(31)29(2)15-22-17-30(16-21-10-6-7-11-23(21)26)28-24(22)19-8-4-3-5-9-19/h3-14,17H,15-16H2,1-2H3. The zero-order chi connectivity index (χ0) is 21.8. The van der Waals surface area contributed by atoms with Gasteiger partial charge in [-0.2, -0.15) is 5.10 Å². The summed E-state index contributed by atoms with van der Waals surface area (Å²) in [4.78, 5) is 18.8. The van der Waals surface area contributed by atoms with E-state index in [1.807, 2.05) is 78.5 Å². The minimum absolute atomic E-state index is 0.0784. The van der Waals surface area contributed by atoms with Crippen molar-refractivity contribution < 1.29 is 4.79 Å². The van der Waals surface area contributed by atoms with Crippen molar-refractivity contribution in [2.75, 3.05) is 7.05 Å². The number of rotatable bonds is 6. The van der Waals surface area contributed by atoms with Crippen molar-refractivity contribution in [2.45, 2.75) is 20.0 Å². The summed E-state index contributed by atoms with van der Waals surface area (Å²) in [6.45, 7) is 2.88. The number of aryl methyl sites for hydroxylation is 1. The first-order valence-electron chi connectivity index (χ1n) is 10.0. The summed E-state index contributed by atoms with van der Waals surface area (Å²) in [5, 5.41) is 5.53. The SMILES string of the molecule is Cc1ccc(C(=O)N(C)Cc2cn(Cc3ccccc3Cl)nc2-c2ccccc2)cn1. The number of pyridine rings is 1. The maximum Gasteiger partial charge on any atom is 0.255 e. The van der Waals surface area contributed by atoms with Crippen molar-refractivity contribution in [3.8, 4) is 11.3 Å². The quantitative estimate of drug-likeness (QED) is 0.421. The summed E-state index contributed by atoms with van der Waals surface area (Å²) in [6.07, 6.45) is 3.61. The lowest BCUT2D eigenvalue weighted by Crippen LogP contribution is -2.26. The summed E-state index contributed by atoms with van der Waals surface area (Å²) in [5.41, 5.74) is 5.27. The minimum atomic E-state index is -0.0784. The van der Waals surface area contributed by atoms with Crippen LogP contribution in [0.5, 0.6) is 0 Å². The van der Waals surface area contributed by atoms with Gasteiger partial charge in [0.05, 0.1) is 17.8 Å². The van der Waals surface area contributed by atoms with E-state index in [0.29, 0.717) is 23.7 Å². The Morgan fingerprint density at radius 3 is 2.45 bits per heavy atom. The van der Waals surface area contributed by atoms with Crippen LogP contribution in [0.3, 0.4) is 0 Å². The fourth-order valence-electron chi connectivity index (χ4n) is 3.44. The Hall–Kier alpha value is -3.44. The summed E-state index contributed by atoms with van der Waals surface area (Å²) < 4.78 is 1.88. The average molecular weight is 431 g/mol. The van der Waals surface area contributed by atoms with Crippen LogP contribution in [0, 0.1) is 6.92 Å². The number of amides is 1. The summed E-state index contributed by atoms with van der Waals surface area (Å²) in [5.74, 6) is -0.0784. The van der Waals surface area contributed by atoms with Gasteiger partial charge < -0.3 is 4.90 Å². The maximum absolute atomic E-state index is 12.9. The van der Waals surface area contributed by atoms with E-state index in [9.17, 15) is 4.79 Å². The van der Waals surface area contributed by atoms with Gasteiger partial charge in [-0.05, 0) is 30.7 Å². The van der Waals surface area contributed by atoms with Crippen LogP contribution < -0.4 is 0 Å². The highest BCUT2D eigenvalue weighted by molar-refractivity contribution is 6.31. The molecule has 0 atom stereocenters. The van der Waals surface area contributed by atoms with Gasteiger partial charge in [0.25, 0.3) is 5.91 Å². The van der Waals surface area contributed by atoms with E-state index in [4.69, 9.17) is 16.7 Å². The number of carbonyl (C=O) groups is 1. The lowest BCUT2D eigenvalue weighted by atomic mass is 10.1. The Kier molecular flexibility index (Phi) is 6.14. The van der Waals surface area contributed by atoms with Crippen LogP contribution in [0.2, 0.25) is 5.02 Å². The molecule has 6 heteroatoms. The smallest absolute Gasteiger partial charge is 0.255 e. The van der Waals surface area contributed by atoms with Crippen LogP contribution in [-0.2, 0) is 13.1 Å². The third kappa shape index (κ3) is 4.84. The zero-order valence-electron chi connectivity index (χ0n) is 17.5. The molecule has 0 aliphatic carbocycles. The van der Waals surface area contributed by atoms with E-state index in [1.165, 1.54) is 0 Å². The number of carbonyl (C=O) groups excluding carboxylic acids is 1. The molecule has 4 aromatic rings. The van der Waals surface area contributed by atoms with Gasteiger partial charge in [-0.15, -0.1) is 0 Å². The molecular weight excluding hydrogens is 408 g/mol. The molecule has 1 amide bonds. The van der Waals surface area contributed by atoms with Gasteiger partial charge in [0.15, 0.2) is 0 Å². The van der Waals surface area contributed by atoms with Gasteiger partial charge in [-0.1, -0.05) is 60.1 Å². The fourth-order valence-corrected chi connectivity index (χ4v) is 3.64. The third-order valence-corrected chi connectivity index (χ3v) is 5.46. The molecule has 0 fully saturated rings. The van der Waals surface area contributed by atoms with Crippen LogP contribution in [-0.4, -0.2) is 32.6 Å². The predicted molar refractivity (Wildman–Crippen MR) is 123 cm³/mol. The van der Waals surface area contributed by atoms with E-state index in [2.05, 4.69) is 4.98 Å². The molecule has 0 saturated heterocycles. The summed E-state index contributed by atoms with van der Waals surface area (Å²) in [6, 6.07) is 21.4.